The van der Waals surface area contributed by atoms with Crippen LogP contribution >= 0.6 is 0 Å². The van der Waals surface area contributed by atoms with Crippen LogP contribution in [0.3, 0.4) is 0 Å². The number of hydrazine groups is 1. The van der Waals surface area contributed by atoms with E-state index in [2.05, 4.69) is 15.6 Å². The highest BCUT2D eigenvalue weighted by Gasteiger charge is 2.19. The van der Waals surface area contributed by atoms with Crippen LogP contribution in [-0.2, 0) is 14.8 Å². The second-order valence-corrected chi connectivity index (χ2v) is 9.24. The van der Waals surface area contributed by atoms with Crippen molar-refractivity contribution in [3.05, 3.63) is 89.0 Å². The van der Waals surface area contributed by atoms with Gasteiger partial charge in [0.05, 0.1) is 4.90 Å². The first-order chi connectivity index (χ1) is 15.6. The smallest absolute Gasteiger partial charge is 0.276 e. The minimum Gasteiger partial charge on any atom is -0.484 e. The van der Waals surface area contributed by atoms with E-state index in [0.717, 1.165) is 11.1 Å². The van der Waals surface area contributed by atoms with E-state index in [-0.39, 0.29) is 17.1 Å². The van der Waals surface area contributed by atoms with Crippen LogP contribution in [0.1, 0.15) is 27.0 Å². The molecule has 0 radical (unpaired) electrons. The van der Waals surface area contributed by atoms with Crippen LogP contribution < -0.4 is 20.3 Å². The molecule has 33 heavy (non-hydrogen) atoms. The third-order valence-corrected chi connectivity index (χ3v) is 6.12. The summed E-state index contributed by atoms with van der Waals surface area (Å²) in [5, 5.41) is 0. The summed E-state index contributed by atoms with van der Waals surface area (Å²) in [4.78, 5) is 24.5. The lowest BCUT2D eigenvalue weighted by Crippen LogP contribution is -2.44. The zero-order valence-corrected chi connectivity index (χ0v) is 19.3. The minimum atomic E-state index is -3.91. The van der Waals surface area contributed by atoms with Crippen LogP contribution in [0.25, 0.3) is 0 Å². The van der Waals surface area contributed by atoms with E-state index in [0.29, 0.717) is 17.0 Å². The zero-order valence-electron chi connectivity index (χ0n) is 18.5. The molecule has 0 heterocycles. The van der Waals surface area contributed by atoms with E-state index in [1.807, 2.05) is 26.0 Å². The molecule has 0 aliphatic carbocycles. The van der Waals surface area contributed by atoms with Crippen LogP contribution in [-0.4, -0.2) is 26.8 Å². The van der Waals surface area contributed by atoms with Gasteiger partial charge >= 0.3 is 0 Å². The van der Waals surface area contributed by atoms with Crippen LogP contribution in [0, 0.1) is 20.8 Å². The molecule has 0 saturated carbocycles. The molecule has 0 bridgehead atoms. The molecule has 3 rings (SSSR count). The minimum absolute atomic E-state index is 0.0760. The van der Waals surface area contributed by atoms with Crippen molar-refractivity contribution in [2.24, 2.45) is 0 Å². The largest absolute Gasteiger partial charge is 0.484 e. The van der Waals surface area contributed by atoms with Crippen LogP contribution in [0.4, 0.5) is 5.69 Å². The second-order valence-electron chi connectivity index (χ2n) is 7.56. The number of hydrogen-bond donors (Lipinski definition) is 3. The quantitative estimate of drug-likeness (QED) is 0.462. The van der Waals surface area contributed by atoms with Gasteiger partial charge in [-0.1, -0.05) is 35.9 Å². The first-order valence-corrected chi connectivity index (χ1v) is 11.6. The van der Waals surface area contributed by atoms with Crippen molar-refractivity contribution in [1.29, 1.82) is 0 Å². The number of rotatable bonds is 7. The summed E-state index contributed by atoms with van der Waals surface area (Å²) in [7, 11) is -3.91. The maximum Gasteiger partial charge on any atom is 0.276 e. The summed E-state index contributed by atoms with van der Waals surface area (Å²) in [5.41, 5.74) is 7.61. The molecule has 3 N–H and O–H groups in total. The molecule has 3 aromatic rings. The Bertz CT molecular complexity index is 1270. The average Bonchev–Trinajstić information content (AvgIpc) is 2.77. The number of anilines is 1. The molecule has 2 amide bonds. The number of aryl methyl sites for hydroxylation is 3. The molecular weight excluding hydrogens is 442 g/mol. The van der Waals surface area contributed by atoms with E-state index in [9.17, 15) is 18.0 Å². The van der Waals surface area contributed by atoms with Gasteiger partial charge in [0.25, 0.3) is 21.8 Å². The lowest BCUT2D eigenvalue weighted by molar-refractivity contribution is -0.123. The molecular formula is C24H25N3O5S. The summed E-state index contributed by atoms with van der Waals surface area (Å²) in [5.74, 6) is -0.678. The van der Waals surface area contributed by atoms with Gasteiger partial charge in [0, 0.05) is 11.3 Å². The summed E-state index contributed by atoms with van der Waals surface area (Å²) in [6.07, 6.45) is 0. The predicted molar refractivity (Wildman–Crippen MR) is 125 cm³/mol. The maximum atomic E-state index is 12.8. The monoisotopic (exact) mass is 467 g/mol. The molecule has 0 fully saturated rings. The Kier molecular flexibility index (Phi) is 7.34. The molecule has 0 aliphatic rings. The molecule has 0 aliphatic heterocycles. The third-order valence-electron chi connectivity index (χ3n) is 4.74. The van der Waals surface area contributed by atoms with Gasteiger partial charge in [0.2, 0.25) is 0 Å². The molecule has 0 saturated heterocycles. The molecule has 0 unspecified atom stereocenters. The Labute approximate surface area is 193 Å². The third kappa shape index (κ3) is 6.56. The van der Waals surface area contributed by atoms with Gasteiger partial charge in [-0.15, -0.1) is 0 Å². The van der Waals surface area contributed by atoms with Gasteiger partial charge < -0.3 is 4.74 Å². The lowest BCUT2D eigenvalue weighted by atomic mass is 10.1. The van der Waals surface area contributed by atoms with E-state index >= 15 is 0 Å². The molecule has 0 aromatic heterocycles. The van der Waals surface area contributed by atoms with Crippen molar-refractivity contribution in [2.75, 3.05) is 11.3 Å². The topological polar surface area (TPSA) is 114 Å². The summed E-state index contributed by atoms with van der Waals surface area (Å²) in [6.45, 7) is 5.18. The number of nitrogens with one attached hydrogen (secondary N) is 3. The van der Waals surface area contributed by atoms with E-state index in [4.69, 9.17) is 4.74 Å². The number of sulfonamides is 1. The lowest BCUT2D eigenvalue weighted by Gasteiger charge is -2.13. The maximum absolute atomic E-state index is 12.8. The van der Waals surface area contributed by atoms with Gasteiger partial charge in [-0.3, -0.25) is 25.2 Å². The molecule has 9 heteroatoms. The van der Waals surface area contributed by atoms with Crippen molar-refractivity contribution < 1.29 is 22.7 Å². The second kappa shape index (κ2) is 10.2. The van der Waals surface area contributed by atoms with Gasteiger partial charge in [-0.2, -0.15) is 0 Å². The molecule has 172 valence electrons. The van der Waals surface area contributed by atoms with Crippen LogP contribution in [0.2, 0.25) is 0 Å². The fraction of sp³-hybridized carbons (Fsp3) is 0.167. The SMILES string of the molecule is Cc1ccc(NS(=O)(=O)c2ccc(C)c(C(=O)NNC(=O)COc3cccc(C)c3)c2)cc1. The number of benzene rings is 3. The Morgan fingerprint density at radius 3 is 2.27 bits per heavy atom. The van der Waals surface area contributed by atoms with Crippen molar-refractivity contribution in [3.63, 3.8) is 0 Å². The Balaban J connectivity index is 1.63. The molecule has 0 spiro atoms. The van der Waals surface area contributed by atoms with Crippen LogP contribution in [0.15, 0.2) is 71.6 Å². The van der Waals surface area contributed by atoms with Gasteiger partial charge in [0.1, 0.15) is 5.75 Å². The number of ether oxygens (including phenoxy) is 1. The first kappa shape index (κ1) is 23.8. The first-order valence-electron chi connectivity index (χ1n) is 10.1. The van der Waals surface area contributed by atoms with Crippen LogP contribution in [0.5, 0.6) is 5.75 Å². The average molecular weight is 468 g/mol. The predicted octanol–water partition coefficient (Wildman–Crippen LogP) is 3.25. The number of carbonyl (C=O) groups is 2. The fourth-order valence-electron chi connectivity index (χ4n) is 2.93. The number of amides is 2. The Morgan fingerprint density at radius 2 is 1.58 bits per heavy atom. The summed E-state index contributed by atoms with van der Waals surface area (Å²) < 4.78 is 33.4. The molecule has 3 aromatic carbocycles. The number of carbonyl (C=O) groups excluding carboxylic acids is 2. The standard InChI is InChI=1S/C24H25N3O5S/c1-16-7-10-19(11-8-16)27-33(30,31)21-12-9-18(3)22(14-21)24(29)26-25-23(28)15-32-20-6-4-5-17(2)13-20/h4-14,27H,15H2,1-3H3,(H,25,28)(H,26,29). The highest BCUT2D eigenvalue weighted by atomic mass is 32.2. The summed E-state index contributed by atoms with van der Waals surface area (Å²) >= 11 is 0. The van der Waals surface area contributed by atoms with Gasteiger partial charge in [0.15, 0.2) is 6.61 Å². The number of hydrogen-bond acceptors (Lipinski definition) is 5. The highest BCUT2D eigenvalue weighted by molar-refractivity contribution is 7.92. The van der Waals surface area contributed by atoms with Crippen molar-refractivity contribution >= 4 is 27.5 Å². The van der Waals surface area contributed by atoms with Crippen molar-refractivity contribution in [1.82, 2.24) is 10.9 Å². The van der Waals surface area contributed by atoms with E-state index in [1.165, 1.54) is 18.2 Å². The van der Waals surface area contributed by atoms with Gasteiger partial charge in [-0.05, 0) is 68.3 Å². The van der Waals surface area contributed by atoms with E-state index < -0.39 is 21.8 Å². The zero-order chi connectivity index (χ0) is 24.0. The molecule has 0 atom stereocenters. The van der Waals surface area contributed by atoms with Gasteiger partial charge in [-0.25, -0.2) is 8.42 Å². The highest BCUT2D eigenvalue weighted by Crippen LogP contribution is 2.20. The molecule has 8 nitrogen and oxygen atoms in total. The summed E-state index contributed by atoms with van der Waals surface area (Å²) in [6, 6.07) is 18.3. The normalized spacial score (nSPS) is 10.9. The fourth-order valence-corrected chi connectivity index (χ4v) is 4.02. The Morgan fingerprint density at radius 1 is 0.848 bits per heavy atom. The van der Waals surface area contributed by atoms with E-state index in [1.54, 1.807) is 43.3 Å². The van der Waals surface area contributed by atoms with Crippen molar-refractivity contribution in [2.45, 2.75) is 25.7 Å². The van der Waals surface area contributed by atoms with Crippen molar-refractivity contribution in [3.8, 4) is 5.75 Å². The Hall–Kier alpha value is -3.85.